The molecule has 51 heavy (non-hydrogen) atoms. The molecule has 2 N–H and O–H groups in total. The maximum absolute atomic E-state index is 14.2. The van der Waals surface area contributed by atoms with Crippen LogP contribution in [0.3, 0.4) is 0 Å². The first-order chi connectivity index (χ1) is 24.4. The number of carbonyl (C=O) groups excluding carboxylic acids is 3. The van der Waals surface area contributed by atoms with E-state index in [4.69, 9.17) is 19.4 Å². The first-order valence-electron chi connectivity index (χ1n) is 17.8. The highest BCUT2D eigenvalue weighted by molar-refractivity contribution is 7.91. The van der Waals surface area contributed by atoms with Gasteiger partial charge in [-0.25, -0.2) is 18.4 Å². The molecule has 1 aromatic carbocycles. The number of carbonyl (C=O) groups is 3. The summed E-state index contributed by atoms with van der Waals surface area (Å²) in [5.41, 5.74) is 0.890. The molecule has 3 aromatic rings. The molecule has 3 heterocycles. The van der Waals surface area contributed by atoms with Gasteiger partial charge in [0.1, 0.15) is 33.8 Å². The zero-order valence-corrected chi connectivity index (χ0v) is 31.0. The summed E-state index contributed by atoms with van der Waals surface area (Å²) in [7, 11) is -0.465. The maximum Gasteiger partial charge on any atom is 0.259 e. The molecule has 5 atom stereocenters. The number of fused-ring (bicyclic) bond motifs is 3. The van der Waals surface area contributed by atoms with Crippen LogP contribution in [0.25, 0.3) is 21.6 Å². The van der Waals surface area contributed by atoms with Crippen LogP contribution in [0.4, 0.5) is 0 Å². The van der Waals surface area contributed by atoms with E-state index in [0.717, 1.165) is 35.4 Å². The summed E-state index contributed by atoms with van der Waals surface area (Å²) in [6.07, 6.45) is 7.62. The normalized spacial score (nSPS) is 27.0. The molecule has 0 bridgehead atoms. The van der Waals surface area contributed by atoms with Gasteiger partial charge in [-0.05, 0) is 69.4 Å². The van der Waals surface area contributed by atoms with Crippen LogP contribution in [0, 0.1) is 17.8 Å². The van der Waals surface area contributed by atoms with E-state index in [1.165, 1.54) is 11.3 Å². The molecule has 0 saturated heterocycles. The summed E-state index contributed by atoms with van der Waals surface area (Å²) < 4.78 is 40.0. The van der Waals surface area contributed by atoms with Crippen LogP contribution in [0.5, 0.6) is 11.5 Å². The number of pyridine rings is 1. The molecule has 272 valence electrons. The summed E-state index contributed by atoms with van der Waals surface area (Å²) in [4.78, 5) is 53.2. The lowest BCUT2D eigenvalue weighted by molar-refractivity contribution is -0.140. The Morgan fingerprint density at radius 3 is 2.63 bits per heavy atom. The smallest absolute Gasteiger partial charge is 0.259 e. The zero-order valence-electron chi connectivity index (χ0n) is 29.4. The number of aromatic nitrogens is 2. The fourth-order valence-corrected chi connectivity index (χ4v) is 9.55. The summed E-state index contributed by atoms with van der Waals surface area (Å²) in [6.45, 7) is 4.74. The van der Waals surface area contributed by atoms with Crippen molar-refractivity contribution >= 4 is 50.0 Å². The second-order valence-corrected chi connectivity index (χ2v) is 17.5. The Balaban J connectivity index is 1.19. The SMILES string of the molecule is COc1ccc2c(OC3CC4C(=O)NC5(C(=O)NS(=O)(=O)C6CC6)CC5C=CCCCCN(C)C(=O)C4C3)cc(-c3nc(C(C)C)cs3)nc2c1. The monoisotopic (exact) mass is 735 g/mol. The van der Waals surface area contributed by atoms with Gasteiger partial charge in [0.25, 0.3) is 5.91 Å². The van der Waals surface area contributed by atoms with Crippen molar-refractivity contribution in [3.05, 3.63) is 47.5 Å². The average Bonchev–Trinajstić information content (AvgIpc) is 3.98. The molecular formula is C37H45N5O7S2. The lowest BCUT2D eigenvalue weighted by Crippen LogP contribution is -2.54. The number of nitrogens with one attached hydrogen (secondary N) is 2. The number of sulfonamides is 1. The number of thiazole rings is 1. The minimum absolute atomic E-state index is 0.148. The summed E-state index contributed by atoms with van der Waals surface area (Å²) in [5, 5.41) is 5.91. The lowest BCUT2D eigenvalue weighted by atomic mass is 9.93. The summed E-state index contributed by atoms with van der Waals surface area (Å²) >= 11 is 1.51. The molecular weight excluding hydrogens is 691 g/mol. The second kappa shape index (κ2) is 13.8. The van der Waals surface area contributed by atoms with Crippen molar-refractivity contribution in [3.63, 3.8) is 0 Å². The van der Waals surface area contributed by atoms with Gasteiger partial charge in [0.15, 0.2) is 0 Å². The third-order valence-corrected chi connectivity index (χ3v) is 13.3. The Labute approximate surface area is 302 Å². The predicted octanol–water partition coefficient (Wildman–Crippen LogP) is 4.95. The van der Waals surface area contributed by atoms with Crippen LogP contribution < -0.4 is 19.5 Å². The zero-order chi connectivity index (χ0) is 36.1. The first-order valence-corrected chi connectivity index (χ1v) is 20.2. The van der Waals surface area contributed by atoms with Gasteiger partial charge in [0, 0.05) is 42.4 Å². The molecule has 7 rings (SSSR count). The summed E-state index contributed by atoms with van der Waals surface area (Å²) in [5.74, 6) is -1.67. The van der Waals surface area contributed by atoms with Crippen molar-refractivity contribution in [1.29, 1.82) is 0 Å². The van der Waals surface area contributed by atoms with E-state index >= 15 is 0 Å². The molecule has 4 aliphatic rings. The topological polar surface area (TPSA) is 157 Å². The minimum Gasteiger partial charge on any atom is -0.497 e. The molecule has 3 fully saturated rings. The van der Waals surface area contributed by atoms with E-state index in [9.17, 15) is 22.8 Å². The highest BCUT2D eigenvalue weighted by atomic mass is 32.2. The third kappa shape index (κ3) is 7.21. The van der Waals surface area contributed by atoms with E-state index in [2.05, 4.69) is 23.9 Å². The molecule has 12 nitrogen and oxygen atoms in total. The van der Waals surface area contributed by atoms with E-state index in [-0.39, 0.29) is 30.6 Å². The highest BCUT2D eigenvalue weighted by Crippen LogP contribution is 2.47. The Morgan fingerprint density at radius 1 is 1.12 bits per heavy atom. The quantitative estimate of drug-likeness (QED) is 0.306. The lowest BCUT2D eigenvalue weighted by Gasteiger charge is -2.26. The Morgan fingerprint density at radius 2 is 1.90 bits per heavy atom. The number of amides is 3. The Kier molecular flexibility index (Phi) is 9.59. The van der Waals surface area contributed by atoms with Crippen LogP contribution >= 0.6 is 11.3 Å². The minimum atomic E-state index is -3.82. The molecule has 0 radical (unpaired) electrons. The van der Waals surface area contributed by atoms with Gasteiger partial charge in [-0.15, -0.1) is 11.3 Å². The Bertz CT molecular complexity index is 1990. The number of ether oxygens (including phenoxy) is 2. The van der Waals surface area contributed by atoms with E-state index in [1.807, 2.05) is 41.8 Å². The van der Waals surface area contributed by atoms with Crippen LogP contribution in [0.2, 0.25) is 0 Å². The van der Waals surface area contributed by atoms with Crippen molar-refractivity contribution < 1.29 is 32.3 Å². The number of rotatable bonds is 8. The van der Waals surface area contributed by atoms with Crippen molar-refractivity contribution in [2.24, 2.45) is 17.8 Å². The molecule has 0 spiro atoms. The Hall–Kier alpha value is -4.04. The van der Waals surface area contributed by atoms with Crippen LogP contribution in [-0.4, -0.2) is 78.6 Å². The third-order valence-electron chi connectivity index (χ3n) is 10.6. The number of benzene rings is 1. The van der Waals surface area contributed by atoms with Gasteiger partial charge in [0.2, 0.25) is 21.8 Å². The fraction of sp³-hybridized carbons (Fsp3) is 0.541. The number of hydrogen-bond donors (Lipinski definition) is 2. The number of methoxy groups -OCH3 is 1. The van der Waals surface area contributed by atoms with Crippen LogP contribution in [0.1, 0.15) is 76.8 Å². The van der Waals surface area contributed by atoms with Gasteiger partial charge in [0.05, 0.1) is 35.4 Å². The maximum atomic E-state index is 14.2. The fourth-order valence-electron chi connectivity index (χ4n) is 7.25. The van der Waals surface area contributed by atoms with Crippen molar-refractivity contribution in [2.75, 3.05) is 20.7 Å². The van der Waals surface area contributed by atoms with E-state index in [1.54, 1.807) is 19.1 Å². The van der Waals surface area contributed by atoms with Crippen LogP contribution in [0.15, 0.2) is 41.8 Å². The number of nitrogens with zero attached hydrogens (tertiary/aromatic N) is 3. The molecule has 3 amide bonds. The highest BCUT2D eigenvalue weighted by Gasteiger charge is 2.62. The van der Waals surface area contributed by atoms with Gasteiger partial charge < -0.3 is 19.7 Å². The second-order valence-electron chi connectivity index (χ2n) is 14.7. The largest absolute Gasteiger partial charge is 0.497 e. The number of hydrogen-bond acceptors (Lipinski definition) is 10. The average molecular weight is 736 g/mol. The van der Waals surface area contributed by atoms with Gasteiger partial charge >= 0.3 is 0 Å². The van der Waals surface area contributed by atoms with Gasteiger partial charge in [-0.1, -0.05) is 26.0 Å². The molecule has 1 aliphatic heterocycles. The molecule has 2 aromatic heterocycles. The van der Waals surface area contributed by atoms with Crippen molar-refractivity contribution in [1.82, 2.24) is 24.9 Å². The van der Waals surface area contributed by atoms with Gasteiger partial charge in [-0.2, -0.15) is 0 Å². The van der Waals surface area contributed by atoms with E-state index in [0.29, 0.717) is 48.5 Å². The first kappa shape index (κ1) is 35.4. The van der Waals surface area contributed by atoms with Crippen LogP contribution in [-0.2, 0) is 24.4 Å². The molecule has 5 unspecified atom stereocenters. The van der Waals surface area contributed by atoms with E-state index < -0.39 is 50.6 Å². The molecule has 14 heteroatoms. The molecule has 3 aliphatic carbocycles. The molecule has 3 saturated carbocycles. The number of allylic oxidation sites excluding steroid dienone is 1. The van der Waals surface area contributed by atoms with Crippen molar-refractivity contribution in [3.8, 4) is 22.2 Å². The standard InChI is InChI=1S/C37H45N5O7S2/c1-21(2)31-20-50-34(39-31)30-18-32(26-13-10-23(48-4)17-29(26)38-30)49-24-15-27-28(16-24)35(44)42(3)14-8-6-5-7-9-22-19-37(22,40-33(27)43)36(45)41-51(46,47)25-11-12-25/h7,9-10,13,17-18,20-22,24-25,27-28H,5-6,8,11-12,14-16,19H2,1-4H3,(H,40,43)(H,41,45). The summed E-state index contributed by atoms with van der Waals surface area (Å²) in [6, 6.07) is 7.43. The predicted molar refractivity (Wildman–Crippen MR) is 194 cm³/mol. The van der Waals surface area contributed by atoms with Crippen molar-refractivity contribution in [2.45, 2.75) is 88.0 Å². The van der Waals surface area contributed by atoms with Gasteiger partial charge in [-0.3, -0.25) is 19.1 Å².